The third-order valence-corrected chi connectivity index (χ3v) is 5.93. The number of para-hydroxylation sites is 1. The number of anilines is 1. The highest BCUT2D eigenvalue weighted by molar-refractivity contribution is 7.91. The second-order valence-electron chi connectivity index (χ2n) is 6.16. The van der Waals surface area contributed by atoms with Crippen LogP contribution in [0.3, 0.4) is 0 Å². The van der Waals surface area contributed by atoms with Gasteiger partial charge in [-0.2, -0.15) is 0 Å². The first-order valence-corrected chi connectivity index (χ1v) is 9.16. The van der Waals surface area contributed by atoms with Crippen LogP contribution in [0.25, 0.3) is 0 Å². The van der Waals surface area contributed by atoms with E-state index in [0.29, 0.717) is 22.8 Å². The Morgan fingerprint density at radius 1 is 1.10 bits per heavy atom. The molecule has 0 amide bonds. The van der Waals surface area contributed by atoms with Crippen molar-refractivity contribution in [3.8, 4) is 0 Å². The molecule has 0 aromatic heterocycles. The average Bonchev–Trinajstić information content (AvgIpc) is 2.38. The third-order valence-electron chi connectivity index (χ3n) is 4.14. The van der Waals surface area contributed by atoms with Crippen molar-refractivity contribution in [1.29, 1.82) is 0 Å². The first kappa shape index (κ1) is 15.4. The monoisotopic (exact) mass is 295 g/mol. The zero-order valence-corrected chi connectivity index (χ0v) is 13.4. The molecule has 1 saturated carbocycles. The van der Waals surface area contributed by atoms with Gasteiger partial charge in [0.05, 0.1) is 16.3 Å². The summed E-state index contributed by atoms with van der Waals surface area (Å²) in [5.74, 6) is 1.54. The maximum atomic E-state index is 12.2. The summed E-state index contributed by atoms with van der Waals surface area (Å²) in [6, 6.07) is 7.65. The maximum Gasteiger partial charge on any atom is 0.180 e. The molecule has 4 heteroatoms. The molecule has 1 aliphatic rings. The Balaban J connectivity index is 2.22. The van der Waals surface area contributed by atoms with Gasteiger partial charge >= 0.3 is 0 Å². The molecule has 1 aliphatic carbocycles. The SMILES string of the molecule is CCS(=O)(=O)c1ccccc1NC1CC(C)CC(C)C1. The minimum atomic E-state index is -3.17. The summed E-state index contributed by atoms with van der Waals surface area (Å²) in [6.07, 6.45) is 3.50. The molecule has 0 radical (unpaired) electrons. The second kappa shape index (κ2) is 6.17. The summed E-state index contributed by atoms with van der Waals surface area (Å²) in [5.41, 5.74) is 0.764. The summed E-state index contributed by atoms with van der Waals surface area (Å²) in [4.78, 5) is 0.438. The van der Waals surface area contributed by atoms with E-state index >= 15 is 0 Å². The Labute approximate surface area is 122 Å². The van der Waals surface area contributed by atoms with Crippen LogP contribution in [-0.4, -0.2) is 20.2 Å². The van der Waals surface area contributed by atoms with Crippen LogP contribution in [0.5, 0.6) is 0 Å². The van der Waals surface area contributed by atoms with Gasteiger partial charge in [0.1, 0.15) is 0 Å². The summed E-state index contributed by atoms with van der Waals surface area (Å²) in [5, 5.41) is 3.47. The van der Waals surface area contributed by atoms with E-state index in [9.17, 15) is 8.42 Å². The zero-order chi connectivity index (χ0) is 14.8. The van der Waals surface area contributed by atoms with E-state index in [1.165, 1.54) is 6.42 Å². The quantitative estimate of drug-likeness (QED) is 0.921. The molecule has 1 aromatic carbocycles. The van der Waals surface area contributed by atoms with Crippen LogP contribution in [0.15, 0.2) is 29.2 Å². The molecule has 20 heavy (non-hydrogen) atoms. The van der Waals surface area contributed by atoms with Crippen molar-refractivity contribution in [3.63, 3.8) is 0 Å². The predicted octanol–water partition coefficient (Wildman–Crippen LogP) is 3.72. The van der Waals surface area contributed by atoms with Crippen LogP contribution in [0.1, 0.15) is 40.0 Å². The van der Waals surface area contributed by atoms with E-state index < -0.39 is 9.84 Å². The van der Waals surface area contributed by atoms with Crippen LogP contribution in [0, 0.1) is 11.8 Å². The number of rotatable bonds is 4. The number of hydrogen-bond acceptors (Lipinski definition) is 3. The van der Waals surface area contributed by atoms with Crippen molar-refractivity contribution in [1.82, 2.24) is 0 Å². The van der Waals surface area contributed by atoms with Gasteiger partial charge < -0.3 is 5.32 Å². The van der Waals surface area contributed by atoms with E-state index in [0.717, 1.165) is 18.5 Å². The van der Waals surface area contributed by atoms with Gasteiger partial charge in [-0.05, 0) is 43.2 Å². The zero-order valence-electron chi connectivity index (χ0n) is 12.6. The van der Waals surface area contributed by atoms with E-state index in [-0.39, 0.29) is 5.75 Å². The Bertz CT molecular complexity index is 543. The van der Waals surface area contributed by atoms with Gasteiger partial charge in [-0.1, -0.05) is 32.9 Å². The predicted molar refractivity (Wildman–Crippen MR) is 83.8 cm³/mol. The van der Waals surface area contributed by atoms with Crippen LogP contribution < -0.4 is 5.32 Å². The molecule has 112 valence electrons. The standard InChI is InChI=1S/C16H25NO2S/c1-4-20(18,19)16-8-6-5-7-15(16)17-14-10-12(2)9-13(3)11-14/h5-8,12-14,17H,4,9-11H2,1-3H3. The fourth-order valence-electron chi connectivity index (χ4n) is 3.30. The van der Waals surface area contributed by atoms with Crippen molar-refractivity contribution >= 4 is 15.5 Å². The first-order chi connectivity index (χ1) is 9.42. The molecule has 1 aromatic rings. The molecular formula is C16H25NO2S. The number of hydrogen-bond donors (Lipinski definition) is 1. The Morgan fingerprint density at radius 2 is 1.70 bits per heavy atom. The largest absolute Gasteiger partial charge is 0.381 e. The van der Waals surface area contributed by atoms with Crippen molar-refractivity contribution in [3.05, 3.63) is 24.3 Å². The van der Waals surface area contributed by atoms with Gasteiger partial charge in [0.25, 0.3) is 0 Å². The van der Waals surface area contributed by atoms with E-state index in [2.05, 4.69) is 19.2 Å². The van der Waals surface area contributed by atoms with Gasteiger partial charge in [-0.3, -0.25) is 0 Å². The minimum absolute atomic E-state index is 0.142. The Hall–Kier alpha value is -1.03. The van der Waals surface area contributed by atoms with Gasteiger partial charge in [0.15, 0.2) is 9.84 Å². The highest BCUT2D eigenvalue weighted by Gasteiger charge is 2.25. The molecule has 2 atom stereocenters. The van der Waals surface area contributed by atoms with Gasteiger partial charge in [0, 0.05) is 6.04 Å². The Morgan fingerprint density at radius 3 is 2.30 bits per heavy atom. The molecule has 1 fully saturated rings. The summed E-state index contributed by atoms with van der Waals surface area (Å²) in [7, 11) is -3.17. The summed E-state index contributed by atoms with van der Waals surface area (Å²) in [6.45, 7) is 6.24. The highest BCUT2D eigenvalue weighted by Crippen LogP contribution is 2.32. The van der Waals surface area contributed by atoms with Crippen molar-refractivity contribution in [2.24, 2.45) is 11.8 Å². The molecule has 0 aliphatic heterocycles. The molecule has 1 N–H and O–H groups in total. The first-order valence-electron chi connectivity index (χ1n) is 7.50. The second-order valence-corrected chi connectivity index (χ2v) is 8.40. The third kappa shape index (κ3) is 3.54. The smallest absolute Gasteiger partial charge is 0.180 e. The normalized spacial score (nSPS) is 27.2. The van der Waals surface area contributed by atoms with Crippen LogP contribution >= 0.6 is 0 Å². The minimum Gasteiger partial charge on any atom is -0.381 e. The summed E-state index contributed by atoms with van der Waals surface area (Å²) >= 11 is 0. The van der Waals surface area contributed by atoms with E-state index in [4.69, 9.17) is 0 Å². The lowest BCUT2D eigenvalue weighted by molar-refractivity contribution is 0.280. The molecule has 0 saturated heterocycles. The topological polar surface area (TPSA) is 46.2 Å². The van der Waals surface area contributed by atoms with Gasteiger partial charge in [-0.15, -0.1) is 0 Å². The fraction of sp³-hybridized carbons (Fsp3) is 0.625. The van der Waals surface area contributed by atoms with Gasteiger partial charge in [0.2, 0.25) is 0 Å². The number of sulfone groups is 1. The maximum absolute atomic E-state index is 12.2. The number of benzene rings is 1. The molecule has 0 bridgehead atoms. The molecule has 0 heterocycles. The molecule has 2 rings (SSSR count). The van der Waals surface area contributed by atoms with Crippen molar-refractivity contribution in [2.75, 3.05) is 11.1 Å². The molecule has 3 nitrogen and oxygen atoms in total. The van der Waals surface area contributed by atoms with Crippen LogP contribution in [0.2, 0.25) is 0 Å². The van der Waals surface area contributed by atoms with Crippen molar-refractivity contribution < 1.29 is 8.42 Å². The highest BCUT2D eigenvalue weighted by atomic mass is 32.2. The lowest BCUT2D eigenvalue weighted by Crippen LogP contribution is -2.30. The van der Waals surface area contributed by atoms with Crippen molar-refractivity contribution in [2.45, 2.75) is 51.0 Å². The molecule has 2 unspecified atom stereocenters. The van der Waals surface area contributed by atoms with E-state index in [1.54, 1.807) is 19.1 Å². The fourth-order valence-corrected chi connectivity index (χ4v) is 4.36. The number of nitrogens with one attached hydrogen (secondary N) is 1. The lowest BCUT2D eigenvalue weighted by Gasteiger charge is -2.33. The van der Waals surface area contributed by atoms with Crippen LogP contribution in [0.4, 0.5) is 5.69 Å². The van der Waals surface area contributed by atoms with E-state index in [1.807, 2.05) is 12.1 Å². The van der Waals surface area contributed by atoms with Crippen LogP contribution in [-0.2, 0) is 9.84 Å². The Kier molecular flexibility index (Phi) is 4.74. The average molecular weight is 295 g/mol. The molecular weight excluding hydrogens is 270 g/mol. The summed E-state index contributed by atoms with van der Waals surface area (Å²) < 4.78 is 24.3. The lowest BCUT2D eigenvalue weighted by atomic mass is 9.80. The van der Waals surface area contributed by atoms with Gasteiger partial charge in [-0.25, -0.2) is 8.42 Å². The molecule has 0 spiro atoms.